The van der Waals surface area contributed by atoms with Crippen LogP contribution in [0.2, 0.25) is 0 Å². The summed E-state index contributed by atoms with van der Waals surface area (Å²) >= 11 is 0. The Labute approximate surface area is 120 Å². The number of ether oxygens (including phenoxy) is 1. The van der Waals surface area contributed by atoms with E-state index in [4.69, 9.17) is 4.74 Å². The zero-order chi connectivity index (χ0) is 14.4. The number of rotatable bonds is 7. The van der Waals surface area contributed by atoms with Crippen molar-refractivity contribution in [3.63, 3.8) is 0 Å². The number of para-hydroxylation sites is 1. The number of benzene rings is 1. The van der Waals surface area contributed by atoms with Crippen LogP contribution in [0.15, 0.2) is 36.7 Å². The highest BCUT2D eigenvalue weighted by Crippen LogP contribution is 2.16. The van der Waals surface area contributed by atoms with Gasteiger partial charge in [0.05, 0.1) is 12.3 Å². The molecule has 0 saturated carbocycles. The maximum Gasteiger partial charge on any atom is 0.335 e. The lowest BCUT2D eigenvalue weighted by molar-refractivity contribution is 0.166. The van der Waals surface area contributed by atoms with Crippen molar-refractivity contribution in [2.24, 2.45) is 5.41 Å². The molecule has 0 radical (unpaired) electrons. The second kappa shape index (κ2) is 6.52. The molecule has 0 aliphatic heterocycles. The molecule has 0 aliphatic carbocycles. The Hall–Kier alpha value is -1.88. The van der Waals surface area contributed by atoms with Crippen LogP contribution in [0.3, 0.4) is 0 Å². The molecule has 108 valence electrons. The molecule has 0 atom stereocenters. The molecule has 2 rings (SSSR count). The largest absolute Gasteiger partial charge is 0.462 e. The van der Waals surface area contributed by atoms with E-state index in [-0.39, 0.29) is 5.41 Å². The predicted molar refractivity (Wildman–Crippen MR) is 79.2 cm³/mol. The molecular weight excluding hydrogens is 252 g/mol. The van der Waals surface area contributed by atoms with Crippen LogP contribution >= 0.6 is 0 Å². The van der Waals surface area contributed by atoms with Gasteiger partial charge >= 0.3 is 6.01 Å². The van der Waals surface area contributed by atoms with Crippen LogP contribution in [0.25, 0.3) is 5.69 Å². The van der Waals surface area contributed by atoms with Crippen molar-refractivity contribution >= 4 is 0 Å². The van der Waals surface area contributed by atoms with E-state index in [1.54, 1.807) is 11.0 Å². The van der Waals surface area contributed by atoms with Crippen LogP contribution < -0.4 is 10.1 Å². The van der Waals surface area contributed by atoms with Gasteiger partial charge < -0.3 is 10.1 Å². The fourth-order valence-corrected chi connectivity index (χ4v) is 1.79. The number of aromatic nitrogens is 3. The first-order valence-electron chi connectivity index (χ1n) is 6.91. The lowest BCUT2D eigenvalue weighted by Gasteiger charge is -2.23. The minimum Gasteiger partial charge on any atom is -0.462 e. The van der Waals surface area contributed by atoms with Crippen molar-refractivity contribution in [1.82, 2.24) is 20.1 Å². The second-order valence-electron chi connectivity index (χ2n) is 5.54. The van der Waals surface area contributed by atoms with Crippen molar-refractivity contribution in [2.75, 3.05) is 19.7 Å². The Bertz CT molecular complexity index is 522. The van der Waals surface area contributed by atoms with E-state index in [1.807, 2.05) is 30.3 Å². The summed E-state index contributed by atoms with van der Waals surface area (Å²) < 4.78 is 7.40. The highest BCUT2D eigenvalue weighted by Gasteiger charge is 2.19. The van der Waals surface area contributed by atoms with Crippen LogP contribution in [0.5, 0.6) is 6.01 Å². The summed E-state index contributed by atoms with van der Waals surface area (Å²) in [4.78, 5) is 4.19. The third kappa shape index (κ3) is 4.06. The Morgan fingerprint density at radius 1 is 1.25 bits per heavy atom. The number of hydrogen-bond donors (Lipinski definition) is 1. The minimum atomic E-state index is 0.0498. The highest BCUT2D eigenvalue weighted by atomic mass is 16.5. The first kappa shape index (κ1) is 14.5. The van der Waals surface area contributed by atoms with Gasteiger partial charge in [-0.15, -0.1) is 5.10 Å². The molecular formula is C15H22N4O. The summed E-state index contributed by atoms with van der Waals surface area (Å²) in [6.07, 6.45) is 1.67. The average molecular weight is 274 g/mol. The first-order chi connectivity index (χ1) is 9.61. The molecule has 1 heterocycles. The summed E-state index contributed by atoms with van der Waals surface area (Å²) in [6.45, 7) is 8.86. The fraction of sp³-hybridized carbons (Fsp3) is 0.467. The fourth-order valence-electron chi connectivity index (χ4n) is 1.79. The van der Waals surface area contributed by atoms with Gasteiger partial charge in [-0.1, -0.05) is 39.0 Å². The van der Waals surface area contributed by atoms with Crippen molar-refractivity contribution in [2.45, 2.75) is 20.8 Å². The molecule has 2 aromatic rings. The summed E-state index contributed by atoms with van der Waals surface area (Å²) in [5.41, 5.74) is 1.02. The number of nitrogens with one attached hydrogen (secondary N) is 1. The molecule has 1 aromatic heterocycles. The van der Waals surface area contributed by atoms with E-state index in [9.17, 15) is 0 Å². The van der Waals surface area contributed by atoms with Gasteiger partial charge in [0.25, 0.3) is 0 Å². The van der Waals surface area contributed by atoms with E-state index in [2.05, 4.69) is 36.2 Å². The van der Waals surface area contributed by atoms with Gasteiger partial charge in [0.15, 0.2) is 0 Å². The van der Waals surface area contributed by atoms with Gasteiger partial charge in [0.2, 0.25) is 0 Å². The molecule has 0 fully saturated rings. The van der Waals surface area contributed by atoms with E-state index >= 15 is 0 Å². The van der Waals surface area contributed by atoms with Crippen LogP contribution in [0.1, 0.15) is 20.8 Å². The average Bonchev–Trinajstić information content (AvgIpc) is 2.93. The van der Waals surface area contributed by atoms with Crippen LogP contribution in [0.4, 0.5) is 0 Å². The third-order valence-electron chi connectivity index (χ3n) is 2.94. The molecule has 0 saturated heterocycles. The van der Waals surface area contributed by atoms with E-state index < -0.39 is 0 Å². The number of nitrogens with zero attached hydrogens (tertiary/aromatic N) is 3. The van der Waals surface area contributed by atoms with Crippen molar-refractivity contribution in [3.8, 4) is 11.7 Å². The summed E-state index contributed by atoms with van der Waals surface area (Å²) in [5.74, 6) is 0. The third-order valence-corrected chi connectivity index (χ3v) is 2.94. The van der Waals surface area contributed by atoms with Crippen molar-refractivity contribution in [3.05, 3.63) is 36.7 Å². The van der Waals surface area contributed by atoms with Gasteiger partial charge in [0, 0.05) is 12.0 Å². The molecule has 1 N–H and O–H groups in total. The first-order valence-corrected chi connectivity index (χ1v) is 6.91. The number of hydrogen-bond acceptors (Lipinski definition) is 4. The SMILES string of the molecule is CCNCC(C)(C)COc1ncn(-c2ccccc2)n1. The van der Waals surface area contributed by atoms with Crippen molar-refractivity contribution < 1.29 is 4.74 Å². The maximum atomic E-state index is 5.69. The molecule has 0 unspecified atom stereocenters. The zero-order valence-corrected chi connectivity index (χ0v) is 12.3. The minimum absolute atomic E-state index is 0.0498. The van der Waals surface area contributed by atoms with Gasteiger partial charge in [-0.25, -0.2) is 4.68 Å². The molecule has 0 bridgehead atoms. The molecule has 5 heteroatoms. The Balaban J connectivity index is 1.93. The lowest BCUT2D eigenvalue weighted by atomic mass is 9.95. The van der Waals surface area contributed by atoms with E-state index in [0.717, 1.165) is 18.8 Å². The Kier molecular flexibility index (Phi) is 4.74. The molecule has 0 amide bonds. The highest BCUT2D eigenvalue weighted by molar-refractivity contribution is 5.29. The standard InChI is InChI=1S/C15H22N4O/c1-4-16-10-15(2,3)11-20-14-17-12-19(18-14)13-8-6-5-7-9-13/h5-9,12,16H,4,10-11H2,1-3H3. The van der Waals surface area contributed by atoms with Crippen LogP contribution in [-0.4, -0.2) is 34.5 Å². The van der Waals surface area contributed by atoms with Gasteiger partial charge in [-0.05, 0) is 18.7 Å². The Morgan fingerprint density at radius 2 is 2.00 bits per heavy atom. The van der Waals surface area contributed by atoms with Gasteiger partial charge in [-0.3, -0.25) is 0 Å². The summed E-state index contributed by atoms with van der Waals surface area (Å²) in [6, 6.07) is 10.3. The van der Waals surface area contributed by atoms with E-state index in [0.29, 0.717) is 12.6 Å². The van der Waals surface area contributed by atoms with E-state index in [1.165, 1.54) is 0 Å². The molecule has 1 aromatic carbocycles. The summed E-state index contributed by atoms with van der Waals surface area (Å²) in [5, 5.41) is 7.66. The normalized spacial score (nSPS) is 11.6. The summed E-state index contributed by atoms with van der Waals surface area (Å²) in [7, 11) is 0. The van der Waals surface area contributed by atoms with Crippen LogP contribution in [0, 0.1) is 5.41 Å². The monoisotopic (exact) mass is 274 g/mol. The molecule has 0 aliphatic rings. The maximum absolute atomic E-state index is 5.69. The van der Waals surface area contributed by atoms with Crippen molar-refractivity contribution in [1.29, 1.82) is 0 Å². The van der Waals surface area contributed by atoms with Crippen LogP contribution in [-0.2, 0) is 0 Å². The molecule has 20 heavy (non-hydrogen) atoms. The molecule has 5 nitrogen and oxygen atoms in total. The lowest BCUT2D eigenvalue weighted by Crippen LogP contribution is -2.34. The topological polar surface area (TPSA) is 52.0 Å². The second-order valence-corrected chi connectivity index (χ2v) is 5.54. The molecule has 0 spiro atoms. The quantitative estimate of drug-likeness (QED) is 0.841. The van der Waals surface area contributed by atoms with Gasteiger partial charge in [0.1, 0.15) is 6.33 Å². The smallest absolute Gasteiger partial charge is 0.335 e. The zero-order valence-electron chi connectivity index (χ0n) is 12.3. The van der Waals surface area contributed by atoms with Gasteiger partial charge in [-0.2, -0.15) is 4.98 Å². The predicted octanol–water partition coefficient (Wildman–Crippen LogP) is 2.28. The Morgan fingerprint density at radius 3 is 2.70 bits per heavy atom.